The van der Waals surface area contributed by atoms with Crippen LogP contribution in [0.3, 0.4) is 0 Å². The second kappa shape index (κ2) is 9.48. The van der Waals surface area contributed by atoms with Crippen LogP contribution in [0.2, 0.25) is 0 Å². The van der Waals surface area contributed by atoms with Crippen LogP contribution >= 0.6 is 15.9 Å². The molecule has 2 nitrogen and oxygen atoms in total. The third-order valence-electron chi connectivity index (χ3n) is 2.55. The highest BCUT2D eigenvalue weighted by Gasteiger charge is 2.10. The summed E-state index contributed by atoms with van der Waals surface area (Å²) in [5.41, 5.74) is 0.848. The summed E-state index contributed by atoms with van der Waals surface area (Å²) in [4.78, 5) is 0. The van der Waals surface area contributed by atoms with Gasteiger partial charge in [0.15, 0.2) is 0 Å². The summed E-state index contributed by atoms with van der Waals surface area (Å²) < 4.78 is 24.2. The molecule has 0 aliphatic rings. The van der Waals surface area contributed by atoms with Gasteiger partial charge in [0.2, 0.25) is 0 Å². The van der Waals surface area contributed by atoms with E-state index in [0.29, 0.717) is 18.5 Å². The van der Waals surface area contributed by atoms with Crippen LogP contribution in [0, 0.1) is 5.82 Å². The van der Waals surface area contributed by atoms with Crippen molar-refractivity contribution in [2.24, 2.45) is 0 Å². The lowest BCUT2D eigenvalue weighted by Crippen LogP contribution is -2.11. The lowest BCUT2D eigenvalue weighted by atomic mass is 10.1. The van der Waals surface area contributed by atoms with E-state index in [1.54, 1.807) is 6.07 Å². The van der Waals surface area contributed by atoms with Gasteiger partial charge in [0.25, 0.3) is 0 Å². The summed E-state index contributed by atoms with van der Waals surface area (Å²) in [6.07, 6.45) is 2.08. The Labute approximate surface area is 117 Å². The molecular formula is C14H20BrFO2. The minimum Gasteiger partial charge on any atom is -0.379 e. The fourth-order valence-corrected chi connectivity index (χ4v) is 2.10. The molecule has 0 saturated heterocycles. The minimum atomic E-state index is -0.235. The van der Waals surface area contributed by atoms with Gasteiger partial charge in [-0.1, -0.05) is 41.4 Å². The van der Waals surface area contributed by atoms with E-state index >= 15 is 0 Å². The van der Waals surface area contributed by atoms with Crippen LogP contribution in [-0.4, -0.2) is 25.2 Å². The van der Waals surface area contributed by atoms with Gasteiger partial charge >= 0.3 is 0 Å². The molecule has 0 heterocycles. The normalized spacial score (nSPS) is 12.6. The van der Waals surface area contributed by atoms with Gasteiger partial charge in [-0.2, -0.15) is 0 Å². The fourth-order valence-electron chi connectivity index (χ4n) is 1.53. The molecule has 1 atom stereocenters. The highest BCUT2D eigenvalue weighted by atomic mass is 79.9. The molecule has 0 aliphatic carbocycles. The van der Waals surface area contributed by atoms with Gasteiger partial charge in [-0.25, -0.2) is 4.39 Å². The maximum absolute atomic E-state index is 13.1. The molecule has 0 fully saturated rings. The summed E-state index contributed by atoms with van der Waals surface area (Å²) in [6, 6.07) is 6.50. The average molecular weight is 319 g/mol. The number of hydrogen-bond donors (Lipinski definition) is 0. The van der Waals surface area contributed by atoms with Gasteiger partial charge in [0.1, 0.15) is 5.82 Å². The quantitative estimate of drug-likeness (QED) is 0.504. The van der Waals surface area contributed by atoms with Crippen LogP contribution in [-0.2, 0) is 9.47 Å². The van der Waals surface area contributed by atoms with E-state index in [-0.39, 0.29) is 11.9 Å². The molecule has 0 bridgehead atoms. The zero-order chi connectivity index (χ0) is 13.2. The number of halogens is 2. The molecule has 18 heavy (non-hydrogen) atoms. The van der Waals surface area contributed by atoms with Crippen molar-refractivity contribution in [3.05, 3.63) is 35.6 Å². The van der Waals surface area contributed by atoms with Gasteiger partial charge < -0.3 is 9.47 Å². The second-order valence-corrected chi connectivity index (χ2v) is 4.68. The summed E-state index contributed by atoms with van der Waals surface area (Å²) >= 11 is 3.38. The fraction of sp³-hybridized carbons (Fsp3) is 0.571. The summed E-state index contributed by atoms with van der Waals surface area (Å²) in [7, 11) is 0. The zero-order valence-electron chi connectivity index (χ0n) is 10.7. The number of benzene rings is 1. The molecule has 0 radical (unpaired) electrons. The van der Waals surface area contributed by atoms with Crippen LogP contribution in [0.4, 0.5) is 4.39 Å². The Morgan fingerprint density at radius 1 is 1.28 bits per heavy atom. The van der Waals surface area contributed by atoms with Crippen LogP contribution in [0.25, 0.3) is 0 Å². The molecule has 0 N–H and O–H groups in total. The molecule has 0 aromatic heterocycles. The smallest absolute Gasteiger partial charge is 0.123 e. The Kier molecular flexibility index (Phi) is 8.22. The minimum absolute atomic E-state index is 0.129. The maximum atomic E-state index is 13.1. The zero-order valence-corrected chi connectivity index (χ0v) is 12.3. The van der Waals surface area contributed by atoms with Crippen molar-refractivity contribution >= 4 is 15.9 Å². The monoisotopic (exact) mass is 318 g/mol. The first-order valence-electron chi connectivity index (χ1n) is 6.28. The van der Waals surface area contributed by atoms with E-state index in [9.17, 15) is 4.39 Å². The summed E-state index contributed by atoms with van der Waals surface area (Å²) in [5, 5.41) is 0.644. The van der Waals surface area contributed by atoms with Crippen molar-refractivity contribution in [2.45, 2.75) is 25.9 Å². The third-order valence-corrected chi connectivity index (χ3v) is 3.14. The Bertz CT molecular complexity index is 333. The van der Waals surface area contributed by atoms with Gasteiger partial charge in [-0.05, 0) is 24.1 Å². The Morgan fingerprint density at radius 3 is 2.78 bits per heavy atom. The Morgan fingerprint density at radius 2 is 2.11 bits per heavy atom. The number of rotatable bonds is 9. The summed E-state index contributed by atoms with van der Waals surface area (Å²) in [5.74, 6) is -0.235. The standard InChI is InChI=1S/C14H20BrFO2/c1-2-3-7-17-8-9-18-14(11-15)12-5-4-6-13(16)10-12/h4-6,10,14H,2-3,7-9,11H2,1H3. The highest BCUT2D eigenvalue weighted by molar-refractivity contribution is 9.09. The number of unbranched alkanes of at least 4 members (excludes halogenated alkanes) is 1. The molecule has 1 aromatic rings. The molecule has 1 rings (SSSR count). The van der Waals surface area contributed by atoms with Crippen molar-refractivity contribution in [1.82, 2.24) is 0 Å². The van der Waals surface area contributed by atoms with Crippen molar-refractivity contribution in [2.75, 3.05) is 25.2 Å². The largest absolute Gasteiger partial charge is 0.379 e. The van der Waals surface area contributed by atoms with Gasteiger partial charge in [-0.3, -0.25) is 0 Å². The predicted molar refractivity (Wildman–Crippen MR) is 74.6 cm³/mol. The van der Waals surface area contributed by atoms with Crippen molar-refractivity contribution < 1.29 is 13.9 Å². The molecule has 1 unspecified atom stereocenters. The molecule has 0 amide bonds. The molecule has 1 aromatic carbocycles. The molecule has 0 aliphatic heterocycles. The van der Waals surface area contributed by atoms with Crippen LogP contribution in [0.15, 0.2) is 24.3 Å². The van der Waals surface area contributed by atoms with E-state index in [4.69, 9.17) is 9.47 Å². The molecule has 102 valence electrons. The molecule has 0 saturated carbocycles. The summed E-state index contributed by atoms with van der Waals surface area (Å²) in [6.45, 7) is 4.01. The van der Waals surface area contributed by atoms with Crippen molar-refractivity contribution in [1.29, 1.82) is 0 Å². The van der Waals surface area contributed by atoms with Crippen LogP contribution in [0.1, 0.15) is 31.4 Å². The van der Waals surface area contributed by atoms with Crippen molar-refractivity contribution in [3.63, 3.8) is 0 Å². The first-order valence-corrected chi connectivity index (χ1v) is 7.40. The number of ether oxygens (including phenoxy) is 2. The topological polar surface area (TPSA) is 18.5 Å². The van der Waals surface area contributed by atoms with Crippen LogP contribution in [0.5, 0.6) is 0 Å². The van der Waals surface area contributed by atoms with Crippen molar-refractivity contribution in [3.8, 4) is 0 Å². The predicted octanol–water partition coefficient (Wildman–Crippen LogP) is 4.10. The average Bonchev–Trinajstić information content (AvgIpc) is 2.38. The van der Waals surface area contributed by atoms with E-state index in [0.717, 1.165) is 25.0 Å². The molecular weight excluding hydrogens is 299 g/mol. The van der Waals surface area contributed by atoms with Gasteiger partial charge in [-0.15, -0.1) is 0 Å². The first kappa shape index (κ1) is 15.6. The lowest BCUT2D eigenvalue weighted by Gasteiger charge is -2.16. The van der Waals surface area contributed by atoms with Crippen LogP contribution < -0.4 is 0 Å². The van der Waals surface area contributed by atoms with E-state index < -0.39 is 0 Å². The van der Waals surface area contributed by atoms with E-state index in [1.165, 1.54) is 12.1 Å². The van der Waals surface area contributed by atoms with Gasteiger partial charge in [0, 0.05) is 11.9 Å². The SMILES string of the molecule is CCCCOCCOC(CBr)c1cccc(F)c1. The number of alkyl halides is 1. The molecule has 4 heteroatoms. The van der Waals surface area contributed by atoms with E-state index in [1.807, 2.05) is 6.07 Å². The van der Waals surface area contributed by atoms with Gasteiger partial charge in [0.05, 0.1) is 19.3 Å². The Hall–Kier alpha value is -0.450. The van der Waals surface area contributed by atoms with E-state index in [2.05, 4.69) is 22.9 Å². The second-order valence-electron chi connectivity index (χ2n) is 4.03. The first-order chi connectivity index (χ1) is 8.77. The Balaban J connectivity index is 2.29. The maximum Gasteiger partial charge on any atom is 0.123 e. The lowest BCUT2D eigenvalue weighted by molar-refractivity contribution is 0.0132. The number of hydrogen-bond acceptors (Lipinski definition) is 2. The highest BCUT2D eigenvalue weighted by Crippen LogP contribution is 2.20. The third kappa shape index (κ3) is 5.94. The molecule has 0 spiro atoms.